The highest BCUT2D eigenvalue weighted by Crippen LogP contribution is 2.30. The summed E-state index contributed by atoms with van der Waals surface area (Å²) >= 11 is 0. The van der Waals surface area contributed by atoms with Crippen LogP contribution in [-0.4, -0.2) is 10.9 Å². The lowest BCUT2D eigenvalue weighted by Crippen LogP contribution is -2.23. The SMILES string of the molecule is Cc1ccc2nc(-c3ccc(F)cc3)cc(C(=O)NCc3cccc(C(F)(F)F)c3)c2c1. The second-order valence-corrected chi connectivity index (χ2v) is 7.46. The number of alkyl halides is 3. The summed E-state index contributed by atoms with van der Waals surface area (Å²) in [6.07, 6.45) is -4.46. The molecule has 162 valence electrons. The third kappa shape index (κ3) is 4.61. The Morgan fingerprint density at radius 3 is 2.44 bits per heavy atom. The third-order valence-electron chi connectivity index (χ3n) is 5.06. The maximum atomic E-state index is 13.3. The molecule has 7 heteroatoms. The number of carbonyl (C=O) groups is 1. The lowest BCUT2D eigenvalue weighted by molar-refractivity contribution is -0.137. The van der Waals surface area contributed by atoms with Crippen LogP contribution >= 0.6 is 0 Å². The molecule has 0 atom stereocenters. The number of pyridine rings is 1. The number of rotatable bonds is 4. The monoisotopic (exact) mass is 438 g/mol. The van der Waals surface area contributed by atoms with Crippen LogP contribution in [0, 0.1) is 12.7 Å². The minimum atomic E-state index is -4.46. The van der Waals surface area contributed by atoms with Crippen LogP contribution < -0.4 is 5.32 Å². The molecule has 1 N–H and O–H groups in total. The normalized spacial score (nSPS) is 11.5. The standard InChI is InChI=1S/C25H18F4N2O/c1-15-5-10-22-20(11-15)21(13-23(31-22)17-6-8-19(26)9-7-17)24(32)30-14-16-3-2-4-18(12-16)25(27,28)29/h2-13H,14H2,1H3,(H,30,32). The summed E-state index contributed by atoms with van der Waals surface area (Å²) in [7, 11) is 0. The van der Waals surface area contributed by atoms with E-state index in [4.69, 9.17) is 0 Å². The fourth-order valence-corrected chi connectivity index (χ4v) is 3.43. The van der Waals surface area contributed by atoms with Crippen molar-refractivity contribution in [1.29, 1.82) is 0 Å². The van der Waals surface area contributed by atoms with Gasteiger partial charge < -0.3 is 5.32 Å². The van der Waals surface area contributed by atoms with Crippen molar-refractivity contribution in [3.63, 3.8) is 0 Å². The molecule has 0 radical (unpaired) electrons. The molecule has 0 bridgehead atoms. The first kappa shape index (κ1) is 21.5. The number of aryl methyl sites for hydroxylation is 1. The lowest BCUT2D eigenvalue weighted by atomic mass is 10.0. The van der Waals surface area contributed by atoms with Gasteiger partial charge in [-0.05, 0) is 67.1 Å². The molecule has 0 saturated heterocycles. The zero-order valence-corrected chi connectivity index (χ0v) is 17.0. The number of halogens is 4. The number of nitrogens with one attached hydrogen (secondary N) is 1. The molecule has 0 aliphatic carbocycles. The zero-order valence-electron chi connectivity index (χ0n) is 17.0. The Hall–Kier alpha value is -3.74. The topological polar surface area (TPSA) is 42.0 Å². The first-order chi connectivity index (χ1) is 15.2. The van der Waals surface area contributed by atoms with Crippen molar-refractivity contribution in [3.8, 4) is 11.3 Å². The number of fused-ring (bicyclic) bond motifs is 1. The minimum Gasteiger partial charge on any atom is -0.348 e. The number of hydrogen-bond acceptors (Lipinski definition) is 2. The van der Waals surface area contributed by atoms with Gasteiger partial charge in [0.15, 0.2) is 0 Å². The molecule has 4 aromatic rings. The molecule has 0 aliphatic heterocycles. The van der Waals surface area contributed by atoms with Crippen LogP contribution in [0.4, 0.5) is 17.6 Å². The summed E-state index contributed by atoms with van der Waals surface area (Å²) < 4.78 is 52.2. The van der Waals surface area contributed by atoms with Gasteiger partial charge in [-0.2, -0.15) is 13.2 Å². The predicted molar refractivity (Wildman–Crippen MR) is 114 cm³/mol. The molecule has 0 aliphatic rings. The average Bonchev–Trinajstić information content (AvgIpc) is 2.77. The van der Waals surface area contributed by atoms with Crippen molar-refractivity contribution in [1.82, 2.24) is 10.3 Å². The molecular weight excluding hydrogens is 420 g/mol. The Morgan fingerprint density at radius 2 is 1.72 bits per heavy atom. The Labute approximate surface area is 181 Å². The summed E-state index contributed by atoms with van der Waals surface area (Å²) in [6, 6.07) is 17.7. The van der Waals surface area contributed by atoms with Crippen molar-refractivity contribution in [2.45, 2.75) is 19.6 Å². The highest BCUT2D eigenvalue weighted by atomic mass is 19.4. The highest BCUT2D eigenvalue weighted by molar-refractivity contribution is 6.07. The molecule has 3 aromatic carbocycles. The van der Waals surface area contributed by atoms with Crippen molar-refractivity contribution >= 4 is 16.8 Å². The van der Waals surface area contributed by atoms with E-state index in [2.05, 4.69) is 10.3 Å². The number of aromatic nitrogens is 1. The Morgan fingerprint density at radius 1 is 0.969 bits per heavy atom. The van der Waals surface area contributed by atoms with E-state index in [9.17, 15) is 22.4 Å². The Kier molecular flexibility index (Phi) is 5.65. The molecule has 1 aromatic heterocycles. The van der Waals surface area contributed by atoms with Crippen LogP contribution in [0.1, 0.15) is 27.0 Å². The number of hydrogen-bond donors (Lipinski definition) is 1. The van der Waals surface area contributed by atoms with Crippen LogP contribution in [0.5, 0.6) is 0 Å². The largest absolute Gasteiger partial charge is 0.416 e. The van der Waals surface area contributed by atoms with Crippen molar-refractivity contribution < 1.29 is 22.4 Å². The number of carbonyl (C=O) groups excluding carboxylic acids is 1. The van der Waals surface area contributed by atoms with Crippen LogP contribution in [0.15, 0.2) is 72.8 Å². The second kappa shape index (κ2) is 8.42. The molecular formula is C25H18F4N2O. The summed E-state index contributed by atoms with van der Waals surface area (Å²) in [5.41, 5.74) is 2.55. The summed E-state index contributed by atoms with van der Waals surface area (Å²) in [5, 5.41) is 3.32. The zero-order chi connectivity index (χ0) is 22.9. The van der Waals surface area contributed by atoms with E-state index in [1.54, 1.807) is 24.3 Å². The fourth-order valence-electron chi connectivity index (χ4n) is 3.43. The Balaban J connectivity index is 1.68. The fraction of sp³-hybridized carbons (Fsp3) is 0.120. The molecule has 3 nitrogen and oxygen atoms in total. The van der Waals surface area contributed by atoms with Gasteiger partial charge >= 0.3 is 6.18 Å². The Bertz CT molecular complexity index is 1300. The van der Waals surface area contributed by atoms with Crippen LogP contribution in [0.2, 0.25) is 0 Å². The van der Waals surface area contributed by atoms with Crippen LogP contribution in [-0.2, 0) is 12.7 Å². The average molecular weight is 438 g/mol. The van der Waals surface area contributed by atoms with E-state index in [0.29, 0.717) is 33.3 Å². The molecule has 0 fully saturated rings. The second-order valence-electron chi connectivity index (χ2n) is 7.46. The quantitative estimate of drug-likeness (QED) is 0.380. The van der Waals surface area contributed by atoms with E-state index < -0.39 is 17.6 Å². The minimum absolute atomic E-state index is 0.0652. The molecule has 32 heavy (non-hydrogen) atoms. The predicted octanol–water partition coefficient (Wildman–Crippen LogP) is 6.30. The number of amides is 1. The van der Waals surface area contributed by atoms with Gasteiger partial charge in [-0.1, -0.05) is 23.8 Å². The van der Waals surface area contributed by atoms with Gasteiger partial charge in [0.2, 0.25) is 0 Å². The molecule has 1 amide bonds. The van der Waals surface area contributed by atoms with Gasteiger partial charge in [0, 0.05) is 17.5 Å². The molecule has 0 saturated carbocycles. The van der Waals surface area contributed by atoms with E-state index in [1.807, 2.05) is 19.1 Å². The van der Waals surface area contributed by atoms with E-state index in [0.717, 1.165) is 17.7 Å². The van der Waals surface area contributed by atoms with Crippen LogP contribution in [0.3, 0.4) is 0 Å². The molecule has 1 heterocycles. The third-order valence-corrected chi connectivity index (χ3v) is 5.06. The van der Waals surface area contributed by atoms with E-state index in [1.165, 1.54) is 24.3 Å². The highest BCUT2D eigenvalue weighted by Gasteiger charge is 2.30. The number of benzene rings is 3. The molecule has 0 unspecified atom stereocenters. The van der Waals surface area contributed by atoms with Gasteiger partial charge in [-0.25, -0.2) is 9.37 Å². The first-order valence-electron chi connectivity index (χ1n) is 9.82. The molecule has 4 rings (SSSR count). The molecule has 0 spiro atoms. The lowest BCUT2D eigenvalue weighted by Gasteiger charge is -2.12. The maximum absolute atomic E-state index is 13.3. The van der Waals surface area contributed by atoms with Crippen LogP contribution in [0.25, 0.3) is 22.2 Å². The van der Waals surface area contributed by atoms with Crippen molar-refractivity contribution in [3.05, 3.63) is 101 Å². The van der Waals surface area contributed by atoms with Crippen molar-refractivity contribution in [2.24, 2.45) is 0 Å². The van der Waals surface area contributed by atoms with Gasteiger partial charge in [-0.15, -0.1) is 0 Å². The van der Waals surface area contributed by atoms with Crippen molar-refractivity contribution in [2.75, 3.05) is 0 Å². The van der Waals surface area contributed by atoms with Gasteiger partial charge in [0.1, 0.15) is 5.82 Å². The van der Waals surface area contributed by atoms with Gasteiger partial charge in [0.05, 0.1) is 22.3 Å². The summed E-state index contributed by atoms with van der Waals surface area (Å²) in [5.74, 6) is -0.826. The summed E-state index contributed by atoms with van der Waals surface area (Å²) in [6.45, 7) is 1.82. The summed E-state index contributed by atoms with van der Waals surface area (Å²) in [4.78, 5) is 17.6. The smallest absolute Gasteiger partial charge is 0.348 e. The van der Waals surface area contributed by atoms with Gasteiger partial charge in [0.25, 0.3) is 5.91 Å². The first-order valence-corrected chi connectivity index (χ1v) is 9.82. The maximum Gasteiger partial charge on any atom is 0.416 e. The number of nitrogens with zero attached hydrogens (tertiary/aromatic N) is 1. The van der Waals surface area contributed by atoms with E-state index in [-0.39, 0.29) is 12.4 Å². The van der Waals surface area contributed by atoms with Gasteiger partial charge in [-0.3, -0.25) is 4.79 Å². The van der Waals surface area contributed by atoms with E-state index >= 15 is 0 Å².